The Hall–Kier alpha value is -3.02. The Kier molecular flexibility index (Phi) is 3.71. The molecule has 4 amide bonds. The summed E-state index contributed by atoms with van der Waals surface area (Å²) in [6.45, 7) is 8.72. The normalized spacial score (nSPS) is 17.6. The fraction of sp³-hybridized carbons (Fsp3) is 0.263. The standard InChI is InChI=1S/C19H18N2O4/c1-7-6-8(2)13(15-11(5)17(23)21-19(15)25)9(3)12(7)14-10(4)16(22)20-18(14)24/h6H,1-5H3,(H,20,22,24)(H,21,23,25). The van der Waals surface area contributed by atoms with Gasteiger partial charge in [-0.25, -0.2) is 0 Å². The van der Waals surface area contributed by atoms with Crippen LogP contribution in [-0.2, 0) is 19.2 Å². The summed E-state index contributed by atoms with van der Waals surface area (Å²) in [5.41, 5.74) is 4.99. The van der Waals surface area contributed by atoms with Crippen molar-refractivity contribution in [2.75, 3.05) is 0 Å². The van der Waals surface area contributed by atoms with Crippen molar-refractivity contribution in [1.29, 1.82) is 0 Å². The highest BCUT2D eigenvalue weighted by Crippen LogP contribution is 2.37. The van der Waals surface area contributed by atoms with E-state index in [4.69, 9.17) is 0 Å². The van der Waals surface area contributed by atoms with Crippen molar-refractivity contribution in [1.82, 2.24) is 10.6 Å². The van der Waals surface area contributed by atoms with Crippen molar-refractivity contribution in [2.24, 2.45) is 0 Å². The average Bonchev–Trinajstić information content (AvgIpc) is 2.90. The van der Waals surface area contributed by atoms with Crippen LogP contribution in [0.25, 0.3) is 11.1 Å². The average molecular weight is 338 g/mol. The molecule has 1 aromatic carbocycles. The van der Waals surface area contributed by atoms with Gasteiger partial charge in [0.05, 0.1) is 11.1 Å². The van der Waals surface area contributed by atoms with Crippen LogP contribution < -0.4 is 10.6 Å². The van der Waals surface area contributed by atoms with Crippen LogP contribution in [0.4, 0.5) is 0 Å². The molecular formula is C19H18N2O4. The Balaban J connectivity index is 2.36. The number of carbonyl (C=O) groups excluding carboxylic acids is 4. The Bertz CT molecular complexity index is 890. The first-order chi connectivity index (χ1) is 11.6. The maximum atomic E-state index is 12.3. The van der Waals surface area contributed by atoms with Gasteiger partial charge >= 0.3 is 0 Å². The molecule has 0 bridgehead atoms. The van der Waals surface area contributed by atoms with E-state index in [2.05, 4.69) is 10.6 Å². The highest BCUT2D eigenvalue weighted by atomic mass is 16.2. The van der Waals surface area contributed by atoms with Crippen LogP contribution in [0.3, 0.4) is 0 Å². The van der Waals surface area contributed by atoms with Crippen molar-refractivity contribution in [3.8, 4) is 0 Å². The summed E-state index contributed by atoms with van der Waals surface area (Å²) in [5, 5.41) is 4.60. The molecule has 2 N–H and O–H groups in total. The first-order valence-corrected chi connectivity index (χ1v) is 7.89. The monoisotopic (exact) mass is 338 g/mol. The third kappa shape index (κ3) is 2.33. The number of benzene rings is 1. The lowest BCUT2D eigenvalue weighted by Crippen LogP contribution is -2.23. The molecule has 0 fully saturated rings. The molecule has 0 unspecified atom stereocenters. The van der Waals surface area contributed by atoms with Gasteiger partial charge in [-0.3, -0.25) is 29.8 Å². The zero-order valence-corrected chi connectivity index (χ0v) is 14.7. The lowest BCUT2D eigenvalue weighted by molar-refractivity contribution is -0.125. The highest BCUT2D eigenvalue weighted by Gasteiger charge is 2.34. The summed E-state index contributed by atoms with van der Waals surface area (Å²) in [6, 6.07) is 1.87. The Morgan fingerprint density at radius 1 is 0.600 bits per heavy atom. The van der Waals surface area contributed by atoms with E-state index >= 15 is 0 Å². The van der Waals surface area contributed by atoms with Gasteiger partial charge in [-0.1, -0.05) is 6.07 Å². The van der Waals surface area contributed by atoms with E-state index in [1.54, 1.807) is 20.8 Å². The topological polar surface area (TPSA) is 92.3 Å². The van der Waals surface area contributed by atoms with Crippen molar-refractivity contribution < 1.29 is 19.2 Å². The number of hydrogen-bond acceptors (Lipinski definition) is 4. The van der Waals surface area contributed by atoms with Gasteiger partial charge < -0.3 is 0 Å². The lowest BCUT2D eigenvalue weighted by Gasteiger charge is -2.18. The minimum absolute atomic E-state index is 0.323. The van der Waals surface area contributed by atoms with Crippen molar-refractivity contribution in [2.45, 2.75) is 34.6 Å². The Morgan fingerprint density at radius 2 is 0.960 bits per heavy atom. The summed E-state index contributed by atoms with van der Waals surface area (Å²) in [4.78, 5) is 48.2. The highest BCUT2D eigenvalue weighted by molar-refractivity contribution is 6.38. The quantitative estimate of drug-likeness (QED) is 0.799. The van der Waals surface area contributed by atoms with Gasteiger partial charge in [0.2, 0.25) is 0 Å². The number of nitrogens with one attached hydrogen (secondary N) is 2. The molecular weight excluding hydrogens is 320 g/mol. The molecule has 0 saturated heterocycles. The van der Waals surface area contributed by atoms with Crippen LogP contribution in [-0.4, -0.2) is 23.6 Å². The molecule has 0 spiro atoms. The van der Waals surface area contributed by atoms with Gasteiger partial charge in [-0.05, 0) is 62.4 Å². The molecule has 6 nitrogen and oxygen atoms in total. The molecule has 2 aliphatic rings. The lowest BCUT2D eigenvalue weighted by atomic mass is 9.84. The molecule has 0 aromatic heterocycles. The van der Waals surface area contributed by atoms with E-state index in [0.717, 1.165) is 11.1 Å². The zero-order valence-electron chi connectivity index (χ0n) is 14.7. The molecule has 128 valence electrons. The van der Waals surface area contributed by atoms with Crippen molar-refractivity contribution in [3.05, 3.63) is 45.0 Å². The second-order valence-corrected chi connectivity index (χ2v) is 6.45. The predicted molar refractivity (Wildman–Crippen MR) is 92.1 cm³/mol. The number of rotatable bonds is 2. The fourth-order valence-electron chi connectivity index (χ4n) is 3.64. The molecule has 2 aliphatic heterocycles. The van der Waals surface area contributed by atoms with Gasteiger partial charge in [-0.15, -0.1) is 0 Å². The third-order valence-corrected chi connectivity index (χ3v) is 4.81. The molecule has 25 heavy (non-hydrogen) atoms. The molecule has 0 atom stereocenters. The zero-order chi connectivity index (χ0) is 18.6. The molecule has 6 heteroatoms. The summed E-state index contributed by atoms with van der Waals surface area (Å²) < 4.78 is 0. The van der Waals surface area contributed by atoms with Gasteiger partial charge in [0.1, 0.15) is 0 Å². The van der Waals surface area contributed by atoms with E-state index in [0.29, 0.717) is 39.0 Å². The first kappa shape index (κ1) is 16.8. The Morgan fingerprint density at radius 3 is 1.24 bits per heavy atom. The van der Waals surface area contributed by atoms with E-state index in [1.165, 1.54) is 0 Å². The SMILES string of the molecule is CC1=C(c2c(C)cc(C)c(C3=C(C)C(=O)NC3=O)c2C)C(=O)NC1=O. The van der Waals surface area contributed by atoms with Gasteiger partial charge in [0, 0.05) is 11.1 Å². The molecule has 0 saturated carbocycles. The largest absolute Gasteiger partial charge is 0.288 e. The van der Waals surface area contributed by atoms with Gasteiger partial charge in [0.25, 0.3) is 23.6 Å². The number of imide groups is 2. The minimum atomic E-state index is -0.443. The molecule has 2 heterocycles. The smallest absolute Gasteiger partial charge is 0.259 e. The van der Waals surface area contributed by atoms with Crippen LogP contribution in [0, 0.1) is 20.8 Å². The summed E-state index contributed by atoms with van der Waals surface area (Å²) in [5.74, 6) is -1.71. The Labute approximate surface area is 145 Å². The molecule has 0 aliphatic carbocycles. The number of hydrogen-bond donors (Lipinski definition) is 2. The summed E-state index contributed by atoms with van der Waals surface area (Å²) in [7, 11) is 0. The number of amides is 4. The van der Waals surface area contributed by atoms with Crippen LogP contribution >= 0.6 is 0 Å². The van der Waals surface area contributed by atoms with E-state index in [9.17, 15) is 19.2 Å². The molecule has 0 radical (unpaired) electrons. The first-order valence-electron chi connectivity index (χ1n) is 7.89. The second-order valence-electron chi connectivity index (χ2n) is 6.45. The number of aryl methyl sites for hydroxylation is 2. The predicted octanol–water partition coefficient (Wildman–Crippen LogP) is 1.47. The van der Waals surface area contributed by atoms with Crippen LogP contribution in [0.2, 0.25) is 0 Å². The van der Waals surface area contributed by atoms with E-state index in [-0.39, 0.29) is 0 Å². The molecule has 3 rings (SSSR count). The van der Waals surface area contributed by atoms with Gasteiger partial charge in [-0.2, -0.15) is 0 Å². The van der Waals surface area contributed by atoms with E-state index in [1.807, 2.05) is 19.9 Å². The van der Waals surface area contributed by atoms with E-state index < -0.39 is 23.6 Å². The second kappa shape index (κ2) is 5.51. The van der Waals surface area contributed by atoms with Crippen LogP contribution in [0.1, 0.15) is 41.7 Å². The maximum Gasteiger partial charge on any atom is 0.259 e. The van der Waals surface area contributed by atoms with Crippen LogP contribution in [0.15, 0.2) is 17.2 Å². The molecule has 1 aromatic rings. The summed E-state index contributed by atoms with van der Waals surface area (Å²) in [6.07, 6.45) is 0. The van der Waals surface area contributed by atoms with Crippen LogP contribution in [0.5, 0.6) is 0 Å². The van der Waals surface area contributed by atoms with Crippen molar-refractivity contribution >= 4 is 34.8 Å². The van der Waals surface area contributed by atoms with Crippen molar-refractivity contribution in [3.63, 3.8) is 0 Å². The third-order valence-electron chi connectivity index (χ3n) is 4.81. The fourth-order valence-corrected chi connectivity index (χ4v) is 3.64. The minimum Gasteiger partial charge on any atom is -0.288 e. The number of carbonyl (C=O) groups is 4. The van der Waals surface area contributed by atoms with Gasteiger partial charge in [0.15, 0.2) is 0 Å². The summed E-state index contributed by atoms with van der Waals surface area (Å²) >= 11 is 0. The maximum absolute atomic E-state index is 12.3.